The molecule has 0 aliphatic carbocycles. The molecular weight excluding hydrogens is 436 g/mol. The molecule has 0 radical (unpaired) electrons. The third kappa shape index (κ3) is 5.64. The van der Waals surface area contributed by atoms with Crippen molar-refractivity contribution in [2.45, 2.75) is 18.9 Å². The molecule has 32 heavy (non-hydrogen) atoms. The first kappa shape index (κ1) is 22.8. The minimum absolute atomic E-state index is 0.119. The molecule has 3 N–H and O–H groups in total. The van der Waals surface area contributed by atoms with Gasteiger partial charge < -0.3 is 14.8 Å². The third-order valence-electron chi connectivity index (χ3n) is 4.15. The van der Waals surface area contributed by atoms with Gasteiger partial charge in [0, 0.05) is 17.4 Å². The van der Waals surface area contributed by atoms with Crippen molar-refractivity contribution in [1.82, 2.24) is 10.2 Å². The van der Waals surface area contributed by atoms with Gasteiger partial charge in [-0.05, 0) is 62.4 Å². The molecule has 0 unspecified atom stereocenters. The van der Waals surface area contributed by atoms with Gasteiger partial charge >= 0.3 is 5.97 Å². The van der Waals surface area contributed by atoms with Crippen LogP contribution in [0.4, 0.5) is 11.4 Å². The lowest BCUT2D eigenvalue weighted by molar-refractivity contribution is 0.0526. The Bertz CT molecular complexity index is 1190. The highest BCUT2D eigenvalue weighted by atomic mass is 32.2. The van der Waals surface area contributed by atoms with Gasteiger partial charge in [0.15, 0.2) is 10.7 Å². The highest BCUT2D eigenvalue weighted by molar-refractivity contribution is 7.92. The standard InChI is InChI=1S/C21H22N4O6S/c1-3-30-17-11-9-16(10-12-17)25-32(28,29)19-13-18(23-24-19)20(26)22-15-7-5-14(6-8-15)21(27)31-4-2/h5-13,25H,3-4H2,1-2H3,(H,22,26)(H,23,24). The maximum absolute atomic E-state index is 12.6. The Morgan fingerprint density at radius 2 is 1.62 bits per heavy atom. The molecule has 0 saturated carbocycles. The Morgan fingerprint density at radius 3 is 2.25 bits per heavy atom. The zero-order valence-electron chi connectivity index (χ0n) is 17.4. The number of carbonyl (C=O) groups excluding carboxylic acids is 2. The SMILES string of the molecule is CCOC(=O)c1ccc(NC(=O)c2cc(S(=O)(=O)Nc3ccc(OCC)cc3)[nH]n2)cc1. The van der Waals surface area contributed by atoms with Crippen LogP contribution in [0.15, 0.2) is 59.6 Å². The molecule has 0 saturated heterocycles. The van der Waals surface area contributed by atoms with Crippen LogP contribution in [0.5, 0.6) is 5.75 Å². The number of aromatic nitrogens is 2. The van der Waals surface area contributed by atoms with Crippen molar-refractivity contribution in [3.05, 3.63) is 65.9 Å². The zero-order chi connectivity index (χ0) is 23.1. The molecule has 0 aliphatic heterocycles. The Morgan fingerprint density at radius 1 is 0.969 bits per heavy atom. The molecule has 0 fully saturated rings. The Hall–Kier alpha value is -3.86. The van der Waals surface area contributed by atoms with E-state index in [4.69, 9.17) is 9.47 Å². The molecule has 10 nitrogen and oxygen atoms in total. The van der Waals surface area contributed by atoms with Crippen molar-refractivity contribution in [3.8, 4) is 5.75 Å². The predicted molar refractivity (Wildman–Crippen MR) is 117 cm³/mol. The number of anilines is 2. The third-order valence-corrected chi connectivity index (χ3v) is 5.44. The molecule has 0 bridgehead atoms. The van der Waals surface area contributed by atoms with Crippen molar-refractivity contribution < 1.29 is 27.5 Å². The quantitative estimate of drug-likeness (QED) is 0.419. The van der Waals surface area contributed by atoms with Gasteiger partial charge in [0.25, 0.3) is 15.9 Å². The molecule has 1 amide bonds. The number of ether oxygens (including phenoxy) is 2. The number of amides is 1. The fraction of sp³-hybridized carbons (Fsp3) is 0.190. The van der Waals surface area contributed by atoms with Gasteiger partial charge in [-0.1, -0.05) is 0 Å². The molecule has 1 aromatic heterocycles. The lowest BCUT2D eigenvalue weighted by Gasteiger charge is -2.07. The van der Waals surface area contributed by atoms with Crippen molar-refractivity contribution >= 4 is 33.3 Å². The molecule has 0 spiro atoms. The average molecular weight is 458 g/mol. The summed E-state index contributed by atoms with van der Waals surface area (Å²) >= 11 is 0. The van der Waals surface area contributed by atoms with Crippen LogP contribution in [0, 0.1) is 0 Å². The smallest absolute Gasteiger partial charge is 0.338 e. The van der Waals surface area contributed by atoms with Crippen molar-refractivity contribution in [3.63, 3.8) is 0 Å². The van der Waals surface area contributed by atoms with Gasteiger partial charge in [-0.3, -0.25) is 14.6 Å². The summed E-state index contributed by atoms with van der Waals surface area (Å²) in [5.41, 5.74) is 0.962. The van der Waals surface area contributed by atoms with Gasteiger partial charge in [-0.2, -0.15) is 13.5 Å². The summed E-state index contributed by atoms with van der Waals surface area (Å²) in [5.74, 6) is -0.466. The second-order valence-corrected chi connectivity index (χ2v) is 8.08. The van der Waals surface area contributed by atoms with E-state index in [2.05, 4.69) is 20.2 Å². The Balaban J connectivity index is 1.66. The molecule has 11 heteroatoms. The second-order valence-electron chi connectivity index (χ2n) is 6.43. The van der Waals surface area contributed by atoms with E-state index in [9.17, 15) is 18.0 Å². The topological polar surface area (TPSA) is 139 Å². The van der Waals surface area contributed by atoms with E-state index >= 15 is 0 Å². The van der Waals surface area contributed by atoms with E-state index in [0.29, 0.717) is 29.3 Å². The number of esters is 1. The van der Waals surface area contributed by atoms with E-state index in [1.54, 1.807) is 31.2 Å². The number of benzene rings is 2. The van der Waals surface area contributed by atoms with Crippen molar-refractivity contribution in [2.75, 3.05) is 23.3 Å². The number of rotatable bonds is 9. The second kappa shape index (κ2) is 9.96. The molecule has 0 atom stereocenters. The molecule has 3 rings (SSSR count). The number of aromatic amines is 1. The van der Waals surface area contributed by atoms with Crippen LogP contribution in [0.2, 0.25) is 0 Å². The summed E-state index contributed by atoms with van der Waals surface area (Å²) in [6.45, 7) is 4.31. The Kier molecular flexibility index (Phi) is 7.11. The molecule has 0 aliphatic rings. The van der Waals surface area contributed by atoms with Crippen LogP contribution in [0.3, 0.4) is 0 Å². The fourth-order valence-electron chi connectivity index (χ4n) is 2.65. The number of hydrogen-bond donors (Lipinski definition) is 3. The number of nitrogens with one attached hydrogen (secondary N) is 3. The van der Waals surface area contributed by atoms with Crippen LogP contribution in [-0.2, 0) is 14.8 Å². The van der Waals surface area contributed by atoms with Crippen LogP contribution in [-0.4, -0.2) is 43.7 Å². The zero-order valence-corrected chi connectivity index (χ0v) is 18.2. The maximum Gasteiger partial charge on any atom is 0.338 e. The summed E-state index contributed by atoms with van der Waals surface area (Å²) in [6, 6.07) is 13.6. The van der Waals surface area contributed by atoms with Gasteiger partial charge in [-0.15, -0.1) is 0 Å². The lowest BCUT2D eigenvalue weighted by atomic mass is 10.2. The predicted octanol–water partition coefficient (Wildman–Crippen LogP) is 3.04. The first-order chi connectivity index (χ1) is 15.3. The summed E-state index contributed by atoms with van der Waals surface area (Å²) < 4.78 is 37.8. The number of nitrogens with zero attached hydrogens (tertiary/aromatic N) is 1. The maximum atomic E-state index is 12.6. The molecule has 3 aromatic rings. The van der Waals surface area contributed by atoms with E-state index in [1.165, 1.54) is 24.3 Å². The monoisotopic (exact) mass is 458 g/mol. The molecular formula is C21H22N4O6S. The summed E-state index contributed by atoms with van der Waals surface area (Å²) in [5, 5.41) is 8.45. The molecule has 168 valence electrons. The minimum Gasteiger partial charge on any atom is -0.494 e. The van der Waals surface area contributed by atoms with E-state index in [-0.39, 0.29) is 17.3 Å². The summed E-state index contributed by atoms with van der Waals surface area (Å²) in [7, 11) is -3.98. The van der Waals surface area contributed by atoms with Crippen LogP contribution in [0.1, 0.15) is 34.7 Å². The van der Waals surface area contributed by atoms with Crippen molar-refractivity contribution in [1.29, 1.82) is 0 Å². The van der Waals surface area contributed by atoms with E-state index in [0.717, 1.165) is 6.07 Å². The summed E-state index contributed by atoms with van der Waals surface area (Å²) in [6.07, 6.45) is 0. The normalized spacial score (nSPS) is 10.9. The van der Waals surface area contributed by atoms with E-state index < -0.39 is 21.9 Å². The van der Waals surface area contributed by atoms with Gasteiger partial charge in [0.2, 0.25) is 0 Å². The van der Waals surface area contributed by atoms with Gasteiger partial charge in [-0.25, -0.2) is 4.79 Å². The molecule has 1 heterocycles. The number of H-pyrrole nitrogens is 1. The highest BCUT2D eigenvalue weighted by Gasteiger charge is 2.20. The van der Waals surface area contributed by atoms with Crippen LogP contribution in [0.25, 0.3) is 0 Å². The van der Waals surface area contributed by atoms with E-state index in [1.807, 2.05) is 6.92 Å². The summed E-state index contributed by atoms with van der Waals surface area (Å²) in [4.78, 5) is 24.1. The Labute approximate surface area is 185 Å². The number of sulfonamides is 1. The lowest BCUT2D eigenvalue weighted by Crippen LogP contribution is -2.14. The fourth-order valence-corrected chi connectivity index (χ4v) is 3.64. The number of hydrogen-bond acceptors (Lipinski definition) is 7. The first-order valence-corrected chi connectivity index (χ1v) is 11.2. The van der Waals surface area contributed by atoms with Gasteiger partial charge in [0.1, 0.15) is 5.75 Å². The first-order valence-electron chi connectivity index (χ1n) is 9.72. The van der Waals surface area contributed by atoms with Crippen molar-refractivity contribution in [2.24, 2.45) is 0 Å². The van der Waals surface area contributed by atoms with Crippen LogP contribution >= 0.6 is 0 Å². The van der Waals surface area contributed by atoms with Gasteiger partial charge in [0.05, 0.1) is 18.8 Å². The number of carbonyl (C=O) groups is 2. The minimum atomic E-state index is -3.98. The highest BCUT2D eigenvalue weighted by Crippen LogP contribution is 2.19. The largest absolute Gasteiger partial charge is 0.494 e. The average Bonchev–Trinajstić information content (AvgIpc) is 3.27. The van der Waals surface area contributed by atoms with Crippen LogP contribution < -0.4 is 14.8 Å². The molecule has 2 aromatic carbocycles.